The number of carbonyl (C=O) groups excluding carboxylic acids is 1. The minimum absolute atomic E-state index is 0.0469. The van der Waals surface area contributed by atoms with Crippen molar-refractivity contribution in [3.05, 3.63) is 11.6 Å². The van der Waals surface area contributed by atoms with Crippen LogP contribution < -0.4 is 0 Å². The summed E-state index contributed by atoms with van der Waals surface area (Å²) in [5.41, 5.74) is -0.331. The highest BCUT2D eigenvalue weighted by Gasteiger charge is 2.32. The lowest BCUT2D eigenvalue weighted by Crippen LogP contribution is -2.32. The van der Waals surface area contributed by atoms with Gasteiger partial charge in [-0.05, 0) is 43.3 Å². The van der Waals surface area contributed by atoms with E-state index >= 15 is 0 Å². The molecule has 0 aromatic heterocycles. The number of aliphatic hydroxyl groups is 1. The van der Waals surface area contributed by atoms with E-state index < -0.39 is 11.6 Å². The maximum Gasteiger partial charge on any atom is 0.303 e. The number of Topliss-reactive ketones (excluding diaryl/α,β-unsaturated/α-hetero) is 1. The van der Waals surface area contributed by atoms with Crippen LogP contribution in [0, 0.1) is 11.8 Å². The summed E-state index contributed by atoms with van der Waals surface area (Å²) in [4.78, 5) is 22.6. The highest BCUT2D eigenvalue weighted by atomic mass is 16.4. The molecular weight excluding hydrogens is 232 g/mol. The van der Waals surface area contributed by atoms with Crippen LogP contribution in [0.5, 0.6) is 0 Å². The summed E-state index contributed by atoms with van der Waals surface area (Å²) in [5, 5.41) is 18.8. The third-order valence-electron chi connectivity index (χ3n) is 3.52. The number of carboxylic acids is 1. The first-order chi connectivity index (χ1) is 8.23. The Morgan fingerprint density at radius 1 is 1.50 bits per heavy atom. The van der Waals surface area contributed by atoms with Crippen molar-refractivity contribution in [2.45, 2.75) is 52.1 Å². The first-order valence-corrected chi connectivity index (χ1v) is 6.43. The van der Waals surface area contributed by atoms with Gasteiger partial charge in [-0.3, -0.25) is 9.59 Å². The van der Waals surface area contributed by atoms with Gasteiger partial charge in [-0.2, -0.15) is 0 Å². The van der Waals surface area contributed by atoms with Crippen LogP contribution in [0.4, 0.5) is 0 Å². The number of hydrogen-bond donors (Lipinski definition) is 2. The number of carboxylic acid groups (broad SMARTS) is 1. The van der Waals surface area contributed by atoms with E-state index in [-0.39, 0.29) is 24.0 Å². The minimum Gasteiger partial charge on any atom is -0.481 e. The molecule has 0 radical (unpaired) electrons. The van der Waals surface area contributed by atoms with Gasteiger partial charge < -0.3 is 10.2 Å². The number of hydrogen-bond acceptors (Lipinski definition) is 3. The van der Waals surface area contributed by atoms with Crippen LogP contribution in [-0.4, -0.2) is 27.6 Å². The van der Waals surface area contributed by atoms with Crippen molar-refractivity contribution in [3.63, 3.8) is 0 Å². The quantitative estimate of drug-likeness (QED) is 0.788. The van der Waals surface area contributed by atoms with Gasteiger partial charge in [0.15, 0.2) is 5.78 Å². The Kier molecular flexibility index (Phi) is 4.68. The van der Waals surface area contributed by atoms with Crippen LogP contribution in [-0.2, 0) is 9.59 Å². The molecule has 1 aliphatic carbocycles. The number of rotatable bonds is 5. The third-order valence-corrected chi connectivity index (χ3v) is 3.52. The van der Waals surface area contributed by atoms with Crippen molar-refractivity contribution < 1.29 is 19.8 Å². The minimum atomic E-state index is -0.945. The Morgan fingerprint density at radius 2 is 2.11 bits per heavy atom. The molecule has 0 spiro atoms. The summed E-state index contributed by atoms with van der Waals surface area (Å²) in [7, 11) is 0. The highest BCUT2D eigenvalue weighted by molar-refractivity contribution is 5.97. The van der Waals surface area contributed by atoms with Crippen LogP contribution in [0.1, 0.15) is 46.5 Å². The van der Waals surface area contributed by atoms with Crippen molar-refractivity contribution in [1.29, 1.82) is 0 Å². The van der Waals surface area contributed by atoms with E-state index in [9.17, 15) is 14.7 Å². The molecule has 0 amide bonds. The fourth-order valence-corrected chi connectivity index (χ4v) is 2.44. The maximum absolute atomic E-state index is 11.9. The molecule has 2 N–H and O–H groups in total. The Balaban J connectivity index is 2.93. The van der Waals surface area contributed by atoms with Crippen molar-refractivity contribution in [2.75, 3.05) is 0 Å². The molecule has 0 heterocycles. The monoisotopic (exact) mass is 254 g/mol. The topological polar surface area (TPSA) is 74.6 Å². The van der Waals surface area contributed by atoms with E-state index in [0.717, 1.165) is 0 Å². The molecule has 18 heavy (non-hydrogen) atoms. The van der Waals surface area contributed by atoms with Crippen LogP contribution in [0.15, 0.2) is 11.6 Å². The molecule has 0 aliphatic heterocycles. The van der Waals surface area contributed by atoms with Crippen molar-refractivity contribution in [2.24, 2.45) is 11.8 Å². The molecule has 1 unspecified atom stereocenters. The number of ketones is 1. The SMILES string of the molecule is CC(C)[C@H](CCC(=O)O)C1=CC(C)(O)CCC1=O. The normalized spacial score (nSPS) is 26.1. The molecule has 0 fully saturated rings. The van der Waals surface area contributed by atoms with E-state index in [1.807, 2.05) is 13.8 Å². The molecular formula is C14H22O4. The molecule has 2 atom stereocenters. The second-order valence-electron chi connectivity index (χ2n) is 5.66. The van der Waals surface area contributed by atoms with E-state index in [2.05, 4.69) is 0 Å². The van der Waals surface area contributed by atoms with Crippen LogP contribution in [0.25, 0.3) is 0 Å². The van der Waals surface area contributed by atoms with Gasteiger partial charge in [-0.1, -0.05) is 13.8 Å². The van der Waals surface area contributed by atoms with Crippen LogP contribution in [0.3, 0.4) is 0 Å². The van der Waals surface area contributed by atoms with Gasteiger partial charge in [0.25, 0.3) is 0 Å². The zero-order chi connectivity index (χ0) is 13.9. The molecule has 1 aliphatic rings. The zero-order valence-corrected chi connectivity index (χ0v) is 11.3. The number of allylic oxidation sites excluding steroid dienone is 1. The summed E-state index contributed by atoms with van der Waals surface area (Å²) >= 11 is 0. The Morgan fingerprint density at radius 3 is 2.61 bits per heavy atom. The zero-order valence-electron chi connectivity index (χ0n) is 11.3. The van der Waals surface area contributed by atoms with Crippen molar-refractivity contribution >= 4 is 11.8 Å². The summed E-state index contributed by atoms with van der Waals surface area (Å²) in [5.74, 6) is -0.698. The predicted octanol–water partition coefficient (Wildman–Crippen LogP) is 2.16. The fraction of sp³-hybridized carbons (Fsp3) is 0.714. The first-order valence-electron chi connectivity index (χ1n) is 6.43. The molecule has 0 bridgehead atoms. The van der Waals surface area contributed by atoms with E-state index in [1.54, 1.807) is 13.0 Å². The number of aliphatic carboxylic acids is 1. The standard InChI is InChI=1S/C14H22O4/c1-9(2)10(4-5-13(16)17)11-8-14(3,18)7-6-12(11)15/h8-10,18H,4-7H2,1-3H3,(H,16,17)/t10-,14?/m0/s1. The summed E-state index contributed by atoms with van der Waals surface area (Å²) in [6, 6.07) is 0. The molecule has 1 rings (SSSR count). The molecule has 102 valence electrons. The van der Waals surface area contributed by atoms with Crippen LogP contribution >= 0.6 is 0 Å². The van der Waals surface area contributed by atoms with Gasteiger partial charge in [0.1, 0.15) is 0 Å². The Labute approximate surface area is 108 Å². The van der Waals surface area contributed by atoms with Gasteiger partial charge in [0.2, 0.25) is 0 Å². The second-order valence-corrected chi connectivity index (χ2v) is 5.66. The highest BCUT2D eigenvalue weighted by Crippen LogP contribution is 2.33. The van der Waals surface area contributed by atoms with E-state index in [0.29, 0.717) is 24.8 Å². The van der Waals surface area contributed by atoms with Gasteiger partial charge in [0.05, 0.1) is 5.60 Å². The smallest absolute Gasteiger partial charge is 0.303 e. The summed E-state index contributed by atoms with van der Waals surface area (Å²) in [6.45, 7) is 5.64. The van der Waals surface area contributed by atoms with Gasteiger partial charge in [-0.15, -0.1) is 0 Å². The van der Waals surface area contributed by atoms with Crippen LogP contribution in [0.2, 0.25) is 0 Å². The Bertz CT molecular complexity index is 366. The third kappa shape index (κ3) is 3.95. The van der Waals surface area contributed by atoms with E-state index in [1.165, 1.54) is 0 Å². The second kappa shape index (κ2) is 5.65. The molecule has 4 nitrogen and oxygen atoms in total. The lowest BCUT2D eigenvalue weighted by atomic mass is 9.76. The van der Waals surface area contributed by atoms with Gasteiger partial charge in [0, 0.05) is 12.8 Å². The average Bonchev–Trinajstić information content (AvgIpc) is 2.22. The van der Waals surface area contributed by atoms with Crippen molar-refractivity contribution in [3.8, 4) is 0 Å². The van der Waals surface area contributed by atoms with Gasteiger partial charge >= 0.3 is 5.97 Å². The Hall–Kier alpha value is -1.16. The predicted molar refractivity (Wildman–Crippen MR) is 68.1 cm³/mol. The van der Waals surface area contributed by atoms with Crippen molar-refractivity contribution in [1.82, 2.24) is 0 Å². The first kappa shape index (κ1) is 14.9. The molecule has 0 aromatic carbocycles. The van der Waals surface area contributed by atoms with E-state index in [4.69, 9.17) is 5.11 Å². The largest absolute Gasteiger partial charge is 0.481 e. The maximum atomic E-state index is 11.9. The lowest BCUT2D eigenvalue weighted by molar-refractivity contribution is -0.137. The molecule has 0 saturated carbocycles. The number of carbonyl (C=O) groups is 2. The fourth-order valence-electron chi connectivity index (χ4n) is 2.44. The lowest BCUT2D eigenvalue weighted by Gasteiger charge is -2.31. The molecule has 0 aromatic rings. The molecule has 0 saturated heterocycles. The summed E-state index contributed by atoms with van der Waals surface area (Å²) < 4.78 is 0. The summed E-state index contributed by atoms with van der Waals surface area (Å²) in [6.07, 6.45) is 2.91. The molecule has 4 heteroatoms. The van der Waals surface area contributed by atoms with Gasteiger partial charge in [-0.25, -0.2) is 0 Å². The average molecular weight is 254 g/mol.